The van der Waals surface area contributed by atoms with E-state index < -0.39 is 6.67 Å². The Balaban J connectivity index is 2.05. The molecule has 0 saturated carbocycles. The van der Waals surface area contributed by atoms with E-state index in [-0.39, 0.29) is 11.6 Å². The topological polar surface area (TPSA) is 39.1 Å². The standard InChI is InChI=1S/C12H18FN3O/c1-9-7-15-16-10(6-13)8-17-12(11(9)16)2-4-14-5-3-12/h7,10,14H,2-6,8H2,1H3. The SMILES string of the molecule is Cc1cnn2c1C1(CCNCC1)OCC2CF. The van der Waals surface area contributed by atoms with Crippen LogP contribution in [-0.4, -0.2) is 36.2 Å². The summed E-state index contributed by atoms with van der Waals surface area (Å²) in [5, 5.41) is 7.67. The van der Waals surface area contributed by atoms with Crippen LogP contribution in [0.4, 0.5) is 4.39 Å². The van der Waals surface area contributed by atoms with Crippen LogP contribution >= 0.6 is 0 Å². The first-order valence-electron chi connectivity index (χ1n) is 6.22. The molecule has 3 rings (SSSR count). The van der Waals surface area contributed by atoms with Gasteiger partial charge in [0.2, 0.25) is 0 Å². The summed E-state index contributed by atoms with van der Waals surface area (Å²) >= 11 is 0. The van der Waals surface area contributed by atoms with Gasteiger partial charge in [0.25, 0.3) is 0 Å². The molecule has 0 bridgehead atoms. The van der Waals surface area contributed by atoms with E-state index in [1.807, 2.05) is 17.8 Å². The number of aryl methyl sites for hydroxylation is 1. The lowest BCUT2D eigenvalue weighted by Crippen LogP contribution is -2.48. The maximum absolute atomic E-state index is 13.0. The van der Waals surface area contributed by atoms with E-state index in [4.69, 9.17) is 4.74 Å². The number of alkyl halides is 1. The number of rotatable bonds is 1. The predicted molar refractivity (Wildman–Crippen MR) is 61.7 cm³/mol. The van der Waals surface area contributed by atoms with Crippen LogP contribution in [0.5, 0.6) is 0 Å². The minimum absolute atomic E-state index is 0.239. The van der Waals surface area contributed by atoms with E-state index in [1.54, 1.807) is 0 Å². The Labute approximate surface area is 100 Å². The monoisotopic (exact) mass is 239 g/mol. The van der Waals surface area contributed by atoms with Crippen LogP contribution < -0.4 is 5.32 Å². The maximum Gasteiger partial charge on any atom is 0.114 e. The van der Waals surface area contributed by atoms with Crippen molar-refractivity contribution in [1.29, 1.82) is 0 Å². The van der Waals surface area contributed by atoms with Gasteiger partial charge in [-0.3, -0.25) is 4.68 Å². The van der Waals surface area contributed by atoms with Gasteiger partial charge in [0.1, 0.15) is 18.3 Å². The summed E-state index contributed by atoms with van der Waals surface area (Å²) in [4.78, 5) is 0. The van der Waals surface area contributed by atoms with Crippen LogP contribution in [0.15, 0.2) is 6.20 Å². The molecule has 1 unspecified atom stereocenters. The molecule has 2 aliphatic rings. The molecule has 1 N–H and O–H groups in total. The Hall–Kier alpha value is -0.940. The van der Waals surface area contributed by atoms with Crippen molar-refractivity contribution in [3.8, 4) is 0 Å². The molecule has 1 atom stereocenters. The molecule has 1 aromatic heterocycles. The molecule has 1 spiro atoms. The molecule has 3 heterocycles. The fourth-order valence-electron chi connectivity index (χ4n) is 3.01. The van der Waals surface area contributed by atoms with Crippen LogP contribution in [0.3, 0.4) is 0 Å². The van der Waals surface area contributed by atoms with Gasteiger partial charge in [-0.15, -0.1) is 0 Å². The van der Waals surface area contributed by atoms with E-state index in [2.05, 4.69) is 10.4 Å². The highest BCUT2D eigenvalue weighted by Crippen LogP contribution is 2.41. The average Bonchev–Trinajstić information content (AvgIpc) is 2.75. The largest absolute Gasteiger partial charge is 0.366 e. The number of ether oxygens (including phenoxy) is 1. The van der Waals surface area contributed by atoms with Gasteiger partial charge in [0, 0.05) is 0 Å². The molecule has 0 amide bonds. The minimum atomic E-state index is -0.414. The Bertz CT molecular complexity index is 412. The van der Waals surface area contributed by atoms with E-state index in [0.29, 0.717) is 6.61 Å². The van der Waals surface area contributed by atoms with Gasteiger partial charge in [0.15, 0.2) is 0 Å². The second-order valence-electron chi connectivity index (χ2n) is 4.98. The van der Waals surface area contributed by atoms with Gasteiger partial charge in [0.05, 0.1) is 18.5 Å². The molecule has 0 aromatic carbocycles. The van der Waals surface area contributed by atoms with Crippen molar-refractivity contribution in [2.45, 2.75) is 31.4 Å². The molecule has 1 fully saturated rings. The molecule has 5 heteroatoms. The number of piperidine rings is 1. The van der Waals surface area contributed by atoms with E-state index in [9.17, 15) is 4.39 Å². The molecule has 1 saturated heterocycles. The van der Waals surface area contributed by atoms with Crippen LogP contribution in [0.1, 0.15) is 30.1 Å². The lowest BCUT2D eigenvalue weighted by molar-refractivity contribution is -0.114. The number of nitrogens with zero attached hydrogens (tertiary/aromatic N) is 2. The predicted octanol–water partition coefficient (Wildman–Crippen LogP) is 1.31. The van der Waals surface area contributed by atoms with Crippen molar-refractivity contribution >= 4 is 0 Å². The Morgan fingerprint density at radius 2 is 2.35 bits per heavy atom. The second-order valence-corrected chi connectivity index (χ2v) is 4.98. The lowest BCUT2D eigenvalue weighted by atomic mass is 9.85. The first kappa shape index (κ1) is 11.2. The van der Waals surface area contributed by atoms with Crippen LogP contribution in [-0.2, 0) is 10.3 Å². The van der Waals surface area contributed by atoms with Gasteiger partial charge in [-0.25, -0.2) is 4.39 Å². The Morgan fingerprint density at radius 3 is 3.06 bits per heavy atom. The zero-order valence-corrected chi connectivity index (χ0v) is 10.1. The van der Waals surface area contributed by atoms with Gasteiger partial charge < -0.3 is 10.1 Å². The number of hydrogen-bond donors (Lipinski definition) is 1. The molecule has 94 valence electrons. The summed E-state index contributed by atoms with van der Waals surface area (Å²) in [7, 11) is 0. The van der Waals surface area contributed by atoms with Gasteiger partial charge in [-0.05, 0) is 38.4 Å². The number of aromatic nitrogens is 2. The Kier molecular flexibility index (Phi) is 2.67. The first-order chi connectivity index (χ1) is 8.27. The van der Waals surface area contributed by atoms with Gasteiger partial charge >= 0.3 is 0 Å². The molecule has 2 aliphatic heterocycles. The van der Waals surface area contributed by atoms with Crippen molar-refractivity contribution in [2.75, 3.05) is 26.4 Å². The fraction of sp³-hybridized carbons (Fsp3) is 0.750. The zero-order chi connectivity index (χ0) is 11.9. The number of nitrogens with one attached hydrogen (secondary N) is 1. The van der Waals surface area contributed by atoms with Crippen molar-refractivity contribution < 1.29 is 9.13 Å². The third-order valence-electron chi connectivity index (χ3n) is 3.90. The van der Waals surface area contributed by atoms with Crippen LogP contribution in [0.25, 0.3) is 0 Å². The third-order valence-corrected chi connectivity index (χ3v) is 3.90. The summed E-state index contributed by atoms with van der Waals surface area (Å²) in [6.45, 7) is 3.95. The van der Waals surface area contributed by atoms with E-state index >= 15 is 0 Å². The average molecular weight is 239 g/mol. The number of hydrogen-bond acceptors (Lipinski definition) is 3. The van der Waals surface area contributed by atoms with Crippen molar-refractivity contribution in [3.05, 3.63) is 17.5 Å². The lowest BCUT2D eigenvalue weighted by Gasteiger charge is -2.43. The van der Waals surface area contributed by atoms with Crippen LogP contribution in [0, 0.1) is 6.92 Å². The number of fused-ring (bicyclic) bond motifs is 2. The highest BCUT2D eigenvalue weighted by atomic mass is 19.1. The van der Waals surface area contributed by atoms with Gasteiger partial charge in [-0.1, -0.05) is 0 Å². The smallest absolute Gasteiger partial charge is 0.114 e. The van der Waals surface area contributed by atoms with E-state index in [1.165, 1.54) is 0 Å². The molecule has 0 aliphatic carbocycles. The van der Waals surface area contributed by atoms with Crippen molar-refractivity contribution in [1.82, 2.24) is 15.1 Å². The summed E-state index contributed by atoms with van der Waals surface area (Å²) in [5.74, 6) is 0. The van der Waals surface area contributed by atoms with Crippen molar-refractivity contribution in [2.24, 2.45) is 0 Å². The van der Waals surface area contributed by atoms with E-state index in [0.717, 1.165) is 37.2 Å². The number of halogens is 1. The summed E-state index contributed by atoms with van der Waals surface area (Å²) < 4.78 is 20.9. The van der Waals surface area contributed by atoms with Gasteiger partial charge in [-0.2, -0.15) is 5.10 Å². The zero-order valence-electron chi connectivity index (χ0n) is 10.1. The quantitative estimate of drug-likeness (QED) is 0.803. The molecular formula is C12H18FN3O. The molecule has 1 aromatic rings. The molecule has 0 radical (unpaired) electrons. The second kappa shape index (κ2) is 4.07. The minimum Gasteiger partial charge on any atom is -0.366 e. The maximum atomic E-state index is 13.0. The van der Waals surface area contributed by atoms with Crippen LogP contribution in [0.2, 0.25) is 0 Å². The highest BCUT2D eigenvalue weighted by molar-refractivity contribution is 5.26. The normalized spacial score (nSPS) is 27.1. The highest BCUT2D eigenvalue weighted by Gasteiger charge is 2.43. The third kappa shape index (κ3) is 1.60. The summed E-state index contributed by atoms with van der Waals surface area (Å²) in [6.07, 6.45) is 3.72. The first-order valence-corrected chi connectivity index (χ1v) is 6.22. The molecule has 17 heavy (non-hydrogen) atoms. The fourth-order valence-corrected chi connectivity index (χ4v) is 3.01. The molecular weight excluding hydrogens is 221 g/mol. The summed E-state index contributed by atoms with van der Waals surface area (Å²) in [5.41, 5.74) is 1.97. The Morgan fingerprint density at radius 1 is 1.59 bits per heavy atom. The van der Waals surface area contributed by atoms with Crippen molar-refractivity contribution in [3.63, 3.8) is 0 Å². The summed E-state index contributed by atoms with van der Waals surface area (Å²) in [6, 6.07) is -0.251. The molecule has 4 nitrogen and oxygen atoms in total.